The van der Waals surface area contributed by atoms with Crippen molar-refractivity contribution < 1.29 is 49.6 Å². The van der Waals surface area contributed by atoms with Crippen LogP contribution in [0.2, 0.25) is 0 Å². The van der Waals surface area contributed by atoms with Crippen LogP contribution in [0.25, 0.3) is 0 Å². The van der Waals surface area contributed by atoms with Crippen LogP contribution in [0.5, 0.6) is 0 Å². The van der Waals surface area contributed by atoms with Gasteiger partial charge in [-0.3, -0.25) is 0 Å². The highest BCUT2D eigenvalue weighted by molar-refractivity contribution is 4.91. The third-order valence-electron chi connectivity index (χ3n) is 4.08. The third kappa shape index (κ3) is 3.99. The second-order valence-electron chi connectivity index (χ2n) is 5.62. The van der Waals surface area contributed by atoms with Crippen molar-refractivity contribution in [2.24, 2.45) is 0 Å². The van der Waals surface area contributed by atoms with E-state index in [2.05, 4.69) is 0 Å². The molecule has 6 N–H and O–H groups in total. The van der Waals surface area contributed by atoms with Crippen molar-refractivity contribution in [3.63, 3.8) is 0 Å². The maximum absolute atomic E-state index is 10.2. The van der Waals surface area contributed by atoms with Crippen molar-refractivity contribution in [3.05, 3.63) is 0 Å². The Hall–Kier alpha value is -0.400. The van der Waals surface area contributed by atoms with E-state index in [1.807, 2.05) is 0 Å². The lowest BCUT2D eigenvalue weighted by molar-refractivity contribution is -0.340. The highest BCUT2D eigenvalue weighted by Crippen LogP contribution is 2.28. The van der Waals surface area contributed by atoms with Gasteiger partial charge in [0.15, 0.2) is 12.6 Å². The van der Waals surface area contributed by atoms with Gasteiger partial charge >= 0.3 is 0 Å². The molecule has 136 valence electrons. The van der Waals surface area contributed by atoms with Gasteiger partial charge in [0.05, 0.1) is 19.3 Å². The fraction of sp³-hybridized carbons (Fsp3) is 1.00. The molecule has 2 aliphatic rings. The Morgan fingerprint density at radius 3 is 2.09 bits per heavy atom. The zero-order valence-corrected chi connectivity index (χ0v) is 12.6. The molecule has 0 radical (unpaired) electrons. The number of aliphatic hydroxyl groups is 6. The van der Waals surface area contributed by atoms with Gasteiger partial charge in [-0.1, -0.05) is 0 Å². The molecule has 0 unspecified atom stereocenters. The summed E-state index contributed by atoms with van der Waals surface area (Å²) in [5.74, 6) is 0. The topological polar surface area (TPSA) is 158 Å². The maximum atomic E-state index is 10.2. The molecule has 0 aromatic rings. The minimum atomic E-state index is -1.36. The van der Waals surface area contributed by atoms with Crippen LogP contribution in [0, 0.1) is 0 Å². The van der Waals surface area contributed by atoms with Gasteiger partial charge in [-0.25, -0.2) is 0 Å². The SMILES string of the molecule is CO[C@H]1O[C@H](CO)[C@@H](O)[C@H](O[C@H]2C[C@@H](O)[C@H](O)[C@@H](CO)O2)[C@H]1O. The lowest BCUT2D eigenvalue weighted by atomic mass is 9.98. The number of hydrogen-bond acceptors (Lipinski definition) is 10. The normalized spacial score (nSPS) is 48.4. The maximum Gasteiger partial charge on any atom is 0.186 e. The summed E-state index contributed by atoms with van der Waals surface area (Å²) in [6.45, 7) is -1.04. The van der Waals surface area contributed by atoms with E-state index < -0.39 is 68.5 Å². The van der Waals surface area contributed by atoms with Crippen LogP contribution in [-0.4, -0.2) is 106 Å². The quantitative estimate of drug-likeness (QED) is 0.294. The first kappa shape index (κ1) is 18.9. The first-order chi connectivity index (χ1) is 10.9. The average molecular weight is 340 g/mol. The van der Waals surface area contributed by atoms with Gasteiger partial charge in [0.1, 0.15) is 36.6 Å². The molecule has 2 rings (SSSR count). The molecule has 2 aliphatic heterocycles. The zero-order valence-electron chi connectivity index (χ0n) is 12.6. The van der Waals surface area contributed by atoms with Gasteiger partial charge in [0.2, 0.25) is 0 Å². The number of hydrogen-bond donors (Lipinski definition) is 6. The van der Waals surface area contributed by atoms with Crippen molar-refractivity contribution in [1.29, 1.82) is 0 Å². The van der Waals surface area contributed by atoms with Crippen LogP contribution < -0.4 is 0 Å². The molecule has 0 aromatic carbocycles. The molecule has 0 aromatic heterocycles. The van der Waals surface area contributed by atoms with Crippen molar-refractivity contribution >= 4 is 0 Å². The van der Waals surface area contributed by atoms with E-state index in [1.54, 1.807) is 0 Å². The Morgan fingerprint density at radius 1 is 0.913 bits per heavy atom. The molecular weight excluding hydrogens is 316 g/mol. The number of ether oxygens (including phenoxy) is 4. The summed E-state index contributed by atoms with van der Waals surface area (Å²) in [7, 11) is 1.29. The molecule has 23 heavy (non-hydrogen) atoms. The number of aliphatic hydroxyl groups excluding tert-OH is 6. The van der Waals surface area contributed by atoms with Crippen LogP contribution in [0.15, 0.2) is 0 Å². The van der Waals surface area contributed by atoms with Gasteiger partial charge in [-0.05, 0) is 0 Å². The van der Waals surface area contributed by atoms with E-state index in [1.165, 1.54) is 7.11 Å². The number of rotatable bonds is 5. The molecule has 2 fully saturated rings. The van der Waals surface area contributed by atoms with Crippen molar-refractivity contribution in [2.45, 2.75) is 61.7 Å². The Kier molecular flexibility index (Phi) is 6.68. The van der Waals surface area contributed by atoms with Gasteiger partial charge in [-0.2, -0.15) is 0 Å². The average Bonchev–Trinajstić information content (AvgIpc) is 2.54. The van der Waals surface area contributed by atoms with Crippen LogP contribution in [0.3, 0.4) is 0 Å². The molecule has 0 spiro atoms. The predicted molar refractivity (Wildman–Crippen MR) is 72.0 cm³/mol. The summed E-state index contributed by atoms with van der Waals surface area (Å²) >= 11 is 0. The number of methoxy groups -OCH3 is 1. The molecule has 0 amide bonds. The van der Waals surface area contributed by atoms with Crippen molar-refractivity contribution in [2.75, 3.05) is 20.3 Å². The van der Waals surface area contributed by atoms with E-state index in [9.17, 15) is 25.5 Å². The minimum Gasteiger partial charge on any atom is -0.394 e. The third-order valence-corrected chi connectivity index (χ3v) is 4.08. The smallest absolute Gasteiger partial charge is 0.186 e. The van der Waals surface area contributed by atoms with E-state index in [-0.39, 0.29) is 6.42 Å². The Balaban J connectivity index is 2.06. The first-order valence-corrected chi connectivity index (χ1v) is 7.36. The standard InChI is InChI=1S/C13H24O10/c1-20-13-11(19)12(10(18)7(4-15)22-13)23-8-2-5(16)9(17)6(3-14)21-8/h5-19H,2-4H2,1H3/t5-,6-,7-,8+,9+,10-,11-,12+,13+/m1/s1. The fourth-order valence-corrected chi connectivity index (χ4v) is 2.74. The van der Waals surface area contributed by atoms with Gasteiger partial charge in [0.25, 0.3) is 0 Å². The molecule has 10 heteroatoms. The predicted octanol–water partition coefficient (Wildman–Crippen LogP) is -3.71. The van der Waals surface area contributed by atoms with Gasteiger partial charge in [-0.15, -0.1) is 0 Å². The van der Waals surface area contributed by atoms with Gasteiger partial charge in [0, 0.05) is 13.5 Å². The summed E-state index contributed by atoms with van der Waals surface area (Å²) in [5.41, 5.74) is 0. The van der Waals surface area contributed by atoms with Crippen LogP contribution in [0.1, 0.15) is 6.42 Å². The first-order valence-electron chi connectivity index (χ1n) is 7.36. The molecule has 0 bridgehead atoms. The van der Waals surface area contributed by atoms with E-state index in [4.69, 9.17) is 24.1 Å². The lowest BCUT2D eigenvalue weighted by Gasteiger charge is -2.44. The summed E-state index contributed by atoms with van der Waals surface area (Å²) in [5, 5.41) is 58.1. The molecule has 2 saturated heterocycles. The Bertz CT molecular complexity index is 353. The molecule has 2 heterocycles. The monoisotopic (exact) mass is 340 g/mol. The largest absolute Gasteiger partial charge is 0.394 e. The summed E-state index contributed by atoms with van der Waals surface area (Å²) < 4.78 is 20.9. The molecule has 9 atom stereocenters. The fourth-order valence-electron chi connectivity index (χ4n) is 2.74. The minimum absolute atomic E-state index is 0.115. The summed E-state index contributed by atoms with van der Waals surface area (Å²) in [6, 6.07) is 0. The second-order valence-corrected chi connectivity index (χ2v) is 5.62. The van der Waals surface area contributed by atoms with Gasteiger partial charge < -0.3 is 49.6 Å². The lowest BCUT2D eigenvalue weighted by Crippen LogP contribution is -2.61. The molecule has 0 aliphatic carbocycles. The van der Waals surface area contributed by atoms with Crippen LogP contribution in [-0.2, 0) is 18.9 Å². The van der Waals surface area contributed by atoms with Crippen molar-refractivity contribution in [1.82, 2.24) is 0 Å². The molecular formula is C13H24O10. The van der Waals surface area contributed by atoms with Crippen LogP contribution >= 0.6 is 0 Å². The Morgan fingerprint density at radius 2 is 1.52 bits per heavy atom. The molecule has 10 nitrogen and oxygen atoms in total. The van der Waals surface area contributed by atoms with Crippen LogP contribution in [0.4, 0.5) is 0 Å². The second kappa shape index (κ2) is 8.12. The van der Waals surface area contributed by atoms with E-state index in [0.717, 1.165) is 0 Å². The summed E-state index contributed by atoms with van der Waals surface area (Å²) in [6.07, 6.45) is -10.8. The van der Waals surface area contributed by atoms with E-state index in [0.29, 0.717) is 0 Å². The highest BCUT2D eigenvalue weighted by atomic mass is 16.7. The summed E-state index contributed by atoms with van der Waals surface area (Å²) in [4.78, 5) is 0. The Labute approximate surface area is 132 Å². The van der Waals surface area contributed by atoms with E-state index >= 15 is 0 Å². The van der Waals surface area contributed by atoms with Crippen molar-refractivity contribution in [3.8, 4) is 0 Å². The zero-order chi connectivity index (χ0) is 17.1. The molecule has 0 saturated carbocycles. The highest BCUT2D eigenvalue weighted by Gasteiger charge is 2.48.